The molecule has 0 aliphatic carbocycles. The minimum atomic E-state index is -1.28. The molecular formula is C42H40N10O6. The average molecular weight is 781 g/mol. The monoisotopic (exact) mass is 780 g/mol. The van der Waals surface area contributed by atoms with E-state index in [1.807, 2.05) is 60.7 Å². The number of carboxylic acid groups (broad SMARTS) is 2. The second-order valence-electron chi connectivity index (χ2n) is 13.9. The molecule has 2 saturated heterocycles. The summed E-state index contributed by atoms with van der Waals surface area (Å²) in [5.41, 5.74) is 6.45. The van der Waals surface area contributed by atoms with Gasteiger partial charge in [-0.15, -0.1) is 0 Å². The Hall–Kier alpha value is -7.62. The Balaban J connectivity index is 0.929. The van der Waals surface area contributed by atoms with Crippen LogP contribution >= 0.6 is 0 Å². The number of rotatable bonds is 11. The van der Waals surface area contributed by atoms with Crippen LogP contribution in [0.5, 0.6) is 0 Å². The van der Waals surface area contributed by atoms with Crippen LogP contribution in [0.1, 0.15) is 36.1 Å². The molecule has 0 saturated carbocycles. The molecule has 16 nitrogen and oxygen atoms in total. The van der Waals surface area contributed by atoms with Crippen molar-refractivity contribution in [1.29, 1.82) is 0 Å². The van der Waals surface area contributed by atoms with Crippen molar-refractivity contribution < 1.29 is 29.4 Å². The molecule has 2 fully saturated rings. The maximum absolute atomic E-state index is 13.7. The van der Waals surface area contributed by atoms with Gasteiger partial charge in [-0.05, 0) is 46.2 Å². The number of hydrogen-bond acceptors (Lipinski definition) is 8. The van der Waals surface area contributed by atoms with Crippen LogP contribution < -0.4 is 20.7 Å². The highest BCUT2D eigenvalue weighted by Gasteiger charge is 2.36. The van der Waals surface area contributed by atoms with Crippen molar-refractivity contribution in [1.82, 2.24) is 40.6 Å². The van der Waals surface area contributed by atoms with E-state index in [-0.39, 0.29) is 11.8 Å². The van der Waals surface area contributed by atoms with Crippen molar-refractivity contribution in [2.45, 2.75) is 24.9 Å². The van der Waals surface area contributed by atoms with Gasteiger partial charge in [0.05, 0.1) is 23.8 Å². The molecule has 4 aromatic carbocycles. The van der Waals surface area contributed by atoms with Crippen molar-refractivity contribution in [2.24, 2.45) is 0 Å². The Labute approximate surface area is 332 Å². The fourth-order valence-electron chi connectivity index (χ4n) is 7.40. The van der Waals surface area contributed by atoms with E-state index >= 15 is 0 Å². The highest BCUT2D eigenvalue weighted by molar-refractivity contribution is 5.89. The normalized spacial score (nSPS) is 15.0. The summed E-state index contributed by atoms with van der Waals surface area (Å²) in [6.45, 7) is 1.94. The predicted molar refractivity (Wildman–Crippen MR) is 215 cm³/mol. The van der Waals surface area contributed by atoms with E-state index in [0.717, 1.165) is 33.6 Å². The van der Waals surface area contributed by atoms with Gasteiger partial charge in [-0.3, -0.25) is 19.6 Å². The molecule has 0 radical (unpaired) electrons. The molecule has 0 unspecified atom stereocenters. The second kappa shape index (κ2) is 16.2. The Morgan fingerprint density at radius 2 is 0.879 bits per heavy atom. The molecule has 2 aromatic heterocycles. The second-order valence-corrected chi connectivity index (χ2v) is 13.9. The van der Waals surface area contributed by atoms with Gasteiger partial charge in [-0.25, -0.2) is 29.6 Å². The smallest absolute Gasteiger partial charge is 0.405 e. The molecular weight excluding hydrogens is 741 g/mol. The first-order valence-corrected chi connectivity index (χ1v) is 18.8. The van der Waals surface area contributed by atoms with E-state index in [9.17, 15) is 29.4 Å². The fourth-order valence-corrected chi connectivity index (χ4v) is 7.40. The van der Waals surface area contributed by atoms with Crippen molar-refractivity contribution in [2.75, 3.05) is 36.2 Å². The zero-order chi connectivity index (χ0) is 40.2. The fraction of sp³-hybridized carbons (Fsp3) is 0.190. The molecule has 4 heterocycles. The minimum Gasteiger partial charge on any atom is -0.465 e. The van der Waals surface area contributed by atoms with Crippen LogP contribution in [-0.2, 0) is 9.59 Å². The SMILES string of the molecule is O=C(O)N[C@@H](C(=O)N1CCCN1c1ncc(-c2ccc(-c3ccc(-c4cnc(N5CCCN5C(=O)[C@H](NC(=O)O)c5ccccc5)[nH]4)cc3)cc2)[nH]1)c1ccccc1. The highest BCUT2D eigenvalue weighted by Crippen LogP contribution is 2.31. The van der Waals surface area contributed by atoms with E-state index in [0.29, 0.717) is 62.0 Å². The van der Waals surface area contributed by atoms with Gasteiger partial charge in [0.1, 0.15) is 12.1 Å². The number of amides is 4. The number of aromatic amines is 2. The largest absolute Gasteiger partial charge is 0.465 e. The summed E-state index contributed by atoms with van der Waals surface area (Å²) in [6.07, 6.45) is 2.27. The number of aromatic nitrogens is 4. The Morgan fingerprint density at radius 1 is 0.517 bits per heavy atom. The number of nitrogens with zero attached hydrogens (tertiary/aromatic N) is 6. The van der Waals surface area contributed by atoms with E-state index in [1.54, 1.807) is 81.0 Å². The van der Waals surface area contributed by atoms with Gasteiger partial charge in [-0.1, -0.05) is 109 Å². The maximum atomic E-state index is 13.7. The molecule has 2 aliphatic rings. The molecule has 6 N–H and O–H groups in total. The summed E-state index contributed by atoms with van der Waals surface area (Å²) in [5.74, 6) is 0.199. The molecule has 2 aliphatic heterocycles. The standard InChI is InChI=1S/C42H40N10O6/c53-37(35(47-41(55)56)31-9-3-1-4-10-31)49-21-7-23-51(49)39-43-25-33(45-39)29-17-13-27(14-18-29)28-15-19-30(20-16-28)34-26-44-40(46-34)52-24-8-22-50(52)38(54)36(48-42(57)58)32-11-5-2-6-12-32/h1-6,9-20,25-26,35-36,47-48H,7-8,21-24H2,(H,43,45)(H,44,46)(H,55,56)(H,57,58)/t35-,36-/m1/s1. The van der Waals surface area contributed by atoms with Crippen molar-refractivity contribution in [3.8, 4) is 33.6 Å². The Bertz CT molecular complexity index is 2230. The number of imidazole rings is 2. The molecule has 0 bridgehead atoms. The molecule has 16 heteroatoms. The maximum Gasteiger partial charge on any atom is 0.405 e. The van der Waals surface area contributed by atoms with Crippen LogP contribution in [0.3, 0.4) is 0 Å². The van der Waals surface area contributed by atoms with Gasteiger partial charge in [0.25, 0.3) is 11.8 Å². The zero-order valence-corrected chi connectivity index (χ0v) is 31.2. The Morgan fingerprint density at radius 3 is 1.24 bits per heavy atom. The van der Waals surface area contributed by atoms with Gasteiger partial charge in [-0.2, -0.15) is 0 Å². The molecule has 4 amide bonds. The number of carbonyl (C=O) groups excluding carboxylic acids is 2. The molecule has 6 aromatic rings. The summed E-state index contributed by atoms with van der Waals surface area (Å²) >= 11 is 0. The summed E-state index contributed by atoms with van der Waals surface area (Å²) < 4.78 is 0. The first-order valence-electron chi connectivity index (χ1n) is 18.8. The van der Waals surface area contributed by atoms with Crippen LogP contribution in [0, 0.1) is 0 Å². The van der Waals surface area contributed by atoms with Crippen LogP contribution in [0.2, 0.25) is 0 Å². The molecule has 2 atom stereocenters. The van der Waals surface area contributed by atoms with Gasteiger partial charge in [0.15, 0.2) is 0 Å². The zero-order valence-electron chi connectivity index (χ0n) is 31.2. The lowest BCUT2D eigenvalue weighted by Gasteiger charge is -2.30. The number of benzene rings is 4. The third-order valence-electron chi connectivity index (χ3n) is 10.2. The molecule has 58 heavy (non-hydrogen) atoms. The first kappa shape index (κ1) is 37.3. The number of hydrazine groups is 2. The van der Waals surface area contributed by atoms with Gasteiger partial charge in [0, 0.05) is 26.2 Å². The summed E-state index contributed by atoms with van der Waals surface area (Å²) in [5, 5.41) is 30.3. The van der Waals surface area contributed by atoms with Crippen molar-refractivity contribution in [3.63, 3.8) is 0 Å². The topological polar surface area (TPSA) is 203 Å². The van der Waals surface area contributed by atoms with Crippen molar-refractivity contribution in [3.05, 3.63) is 133 Å². The third kappa shape index (κ3) is 7.75. The van der Waals surface area contributed by atoms with Gasteiger partial charge in [0.2, 0.25) is 11.9 Å². The average Bonchev–Trinajstić information content (AvgIpc) is 4.09. The Kier molecular flexibility index (Phi) is 10.4. The third-order valence-corrected chi connectivity index (χ3v) is 10.2. The number of carbonyl (C=O) groups is 4. The van der Waals surface area contributed by atoms with Gasteiger partial charge < -0.3 is 30.8 Å². The summed E-state index contributed by atoms with van der Waals surface area (Å²) in [7, 11) is 0. The molecule has 294 valence electrons. The number of anilines is 2. The molecule has 0 spiro atoms. The summed E-state index contributed by atoms with van der Waals surface area (Å²) in [4.78, 5) is 66.4. The van der Waals surface area contributed by atoms with E-state index in [2.05, 4.69) is 30.6 Å². The number of nitrogens with one attached hydrogen (secondary N) is 4. The van der Waals surface area contributed by atoms with Crippen LogP contribution in [0.4, 0.5) is 21.5 Å². The predicted octanol–water partition coefficient (Wildman–Crippen LogP) is 6.06. The first-order chi connectivity index (χ1) is 28.2. The number of hydrogen-bond donors (Lipinski definition) is 6. The lowest BCUT2D eigenvalue weighted by atomic mass is 10.0. The highest BCUT2D eigenvalue weighted by atomic mass is 16.4. The van der Waals surface area contributed by atoms with Crippen LogP contribution in [0.25, 0.3) is 33.6 Å². The number of H-pyrrole nitrogens is 2. The van der Waals surface area contributed by atoms with Crippen LogP contribution in [0.15, 0.2) is 122 Å². The summed E-state index contributed by atoms with van der Waals surface area (Å²) in [6, 6.07) is 31.5. The van der Waals surface area contributed by atoms with E-state index in [4.69, 9.17) is 0 Å². The lowest BCUT2D eigenvalue weighted by Crippen LogP contribution is -2.48. The minimum absolute atomic E-state index is 0.387. The van der Waals surface area contributed by atoms with E-state index in [1.165, 1.54) is 0 Å². The quantitative estimate of drug-likeness (QED) is 0.0898. The molecule has 8 rings (SSSR count). The van der Waals surface area contributed by atoms with E-state index < -0.39 is 24.3 Å². The van der Waals surface area contributed by atoms with Gasteiger partial charge >= 0.3 is 12.2 Å². The van der Waals surface area contributed by atoms with Crippen LogP contribution in [-0.4, -0.2) is 90.3 Å². The van der Waals surface area contributed by atoms with Crippen molar-refractivity contribution >= 4 is 35.9 Å². The lowest BCUT2D eigenvalue weighted by molar-refractivity contribution is -0.133.